The zero-order chi connectivity index (χ0) is 23.6. The highest BCUT2D eigenvalue weighted by Gasteiger charge is 2.32. The third-order valence-electron chi connectivity index (χ3n) is 6.43. The zero-order valence-corrected chi connectivity index (χ0v) is 20.0. The lowest BCUT2D eigenvalue weighted by Gasteiger charge is -2.36. The van der Waals surface area contributed by atoms with Gasteiger partial charge in [-0.3, -0.25) is 4.79 Å². The Bertz CT molecular complexity index is 1130. The predicted molar refractivity (Wildman–Crippen MR) is 126 cm³/mol. The van der Waals surface area contributed by atoms with Gasteiger partial charge in [0.1, 0.15) is 5.69 Å². The van der Waals surface area contributed by atoms with Crippen molar-refractivity contribution in [1.82, 2.24) is 14.1 Å². The van der Waals surface area contributed by atoms with Crippen LogP contribution in [-0.2, 0) is 16.6 Å². The molecule has 2 aliphatic rings. The summed E-state index contributed by atoms with van der Waals surface area (Å²) in [4.78, 5) is 15.5. The second-order valence-corrected chi connectivity index (χ2v) is 11.4. The highest BCUT2D eigenvalue weighted by Crippen LogP contribution is 2.30. The van der Waals surface area contributed by atoms with Crippen molar-refractivity contribution in [3.8, 4) is 11.4 Å². The molecule has 2 aromatic rings. The minimum absolute atomic E-state index is 0.0250. The van der Waals surface area contributed by atoms with Crippen LogP contribution in [-0.4, -0.2) is 65.1 Å². The van der Waals surface area contributed by atoms with E-state index in [1.165, 1.54) is 8.99 Å². The molecule has 4 rings (SSSR count). The number of benzene rings is 1. The number of anilines is 1. The summed E-state index contributed by atoms with van der Waals surface area (Å²) in [6, 6.07) is 7.09. The second-order valence-electron chi connectivity index (χ2n) is 8.87. The van der Waals surface area contributed by atoms with Gasteiger partial charge in [-0.15, -0.1) is 0 Å². The molecule has 0 radical (unpaired) electrons. The number of nitrogens with zero attached hydrogens (tertiary/aromatic N) is 4. The first-order valence-electron chi connectivity index (χ1n) is 11.5. The fraction of sp³-hybridized carbons (Fsp3) is 0.565. The van der Waals surface area contributed by atoms with Crippen molar-refractivity contribution in [3.05, 3.63) is 46.4 Å². The van der Waals surface area contributed by atoms with Crippen molar-refractivity contribution >= 4 is 15.7 Å². The third-order valence-corrected chi connectivity index (χ3v) is 8.70. The van der Waals surface area contributed by atoms with E-state index in [4.69, 9.17) is 4.74 Å². The maximum Gasteiger partial charge on any atom is 0.316 e. The summed E-state index contributed by atoms with van der Waals surface area (Å²) in [5.41, 5.74) is 1.32. The summed E-state index contributed by atoms with van der Waals surface area (Å²) in [5.74, 6) is 0.241. The van der Waals surface area contributed by atoms with Gasteiger partial charge < -0.3 is 14.7 Å². The molecule has 1 saturated carbocycles. The first-order chi connectivity index (χ1) is 15.8. The molecule has 0 atom stereocenters. The topological polar surface area (TPSA) is 105 Å². The summed E-state index contributed by atoms with van der Waals surface area (Å²) >= 11 is 0. The lowest BCUT2D eigenvalue weighted by molar-refractivity contribution is 0.205. The molecule has 0 spiro atoms. The van der Waals surface area contributed by atoms with Crippen LogP contribution in [0.3, 0.4) is 0 Å². The van der Waals surface area contributed by atoms with Gasteiger partial charge in [-0.2, -0.15) is 14.1 Å². The maximum atomic E-state index is 13.6. The number of hydrogen-bond acceptors (Lipinski definition) is 7. The number of rotatable bonds is 7. The SMILES string of the molecule is CC(C)S(=O)(=O)N1CCN(c2cnn(-c3ccccc3CO)c(=O)c2OC2CCCC2)CC1. The van der Waals surface area contributed by atoms with Gasteiger partial charge in [0.05, 0.1) is 29.8 Å². The number of aromatic nitrogens is 2. The molecule has 1 aliphatic carbocycles. The molecule has 10 heteroatoms. The fourth-order valence-corrected chi connectivity index (χ4v) is 5.71. The van der Waals surface area contributed by atoms with Crippen LogP contribution in [0.5, 0.6) is 5.75 Å². The Morgan fingerprint density at radius 2 is 1.76 bits per heavy atom. The third kappa shape index (κ3) is 4.78. The molecule has 0 amide bonds. The molecule has 2 heterocycles. The van der Waals surface area contributed by atoms with Crippen LogP contribution in [0.25, 0.3) is 5.69 Å². The van der Waals surface area contributed by atoms with Crippen molar-refractivity contribution in [3.63, 3.8) is 0 Å². The van der Waals surface area contributed by atoms with E-state index in [9.17, 15) is 18.3 Å². The molecule has 9 nitrogen and oxygen atoms in total. The molecule has 0 bridgehead atoms. The molecule has 1 aliphatic heterocycles. The van der Waals surface area contributed by atoms with E-state index >= 15 is 0 Å². The van der Waals surface area contributed by atoms with Gasteiger partial charge in [-0.25, -0.2) is 8.42 Å². The number of ether oxygens (including phenoxy) is 1. The van der Waals surface area contributed by atoms with Crippen molar-refractivity contribution in [2.24, 2.45) is 0 Å². The van der Waals surface area contributed by atoms with E-state index in [1.54, 1.807) is 44.3 Å². The summed E-state index contributed by atoms with van der Waals surface area (Å²) in [5, 5.41) is 13.7. The van der Waals surface area contributed by atoms with Crippen LogP contribution in [0.4, 0.5) is 5.69 Å². The Kier molecular flexibility index (Phi) is 7.06. The number of piperazine rings is 1. The van der Waals surface area contributed by atoms with E-state index in [-0.39, 0.29) is 24.0 Å². The molecule has 180 valence electrons. The van der Waals surface area contributed by atoms with E-state index in [0.717, 1.165) is 25.7 Å². The largest absolute Gasteiger partial charge is 0.483 e. The number of sulfonamides is 1. The molecule has 2 fully saturated rings. The normalized spacial score (nSPS) is 18.2. The van der Waals surface area contributed by atoms with Gasteiger partial charge in [0.15, 0.2) is 0 Å². The number of para-hydroxylation sites is 1. The van der Waals surface area contributed by atoms with E-state index in [0.29, 0.717) is 43.1 Å². The molecular formula is C23H32N4O5S. The number of hydrogen-bond donors (Lipinski definition) is 1. The van der Waals surface area contributed by atoms with E-state index in [2.05, 4.69) is 5.10 Å². The van der Waals surface area contributed by atoms with Gasteiger partial charge in [-0.1, -0.05) is 18.2 Å². The van der Waals surface area contributed by atoms with E-state index in [1.807, 2.05) is 4.90 Å². The van der Waals surface area contributed by atoms with Crippen molar-refractivity contribution < 1.29 is 18.3 Å². The van der Waals surface area contributed by atoms with Gasteiger partial charge in [0.25, 0.3) is 0 Å². The van der Waals surface area contributed by atoms with Gasteiger partial charge >= 0.3 is 5.56 Å². The first kappa shape index (κ1) is 23.7. The Morgan fingerprint density at radius 1 is 1.09 bits per heavy atom. The quantitative estimate of drug-likeness (QED) is 0.651. The molecule has 1 aromatic heterocycles. The highest BCUT2D eigenvalue weighted by atomic mass is 32.2. The molecule has 0 unspecified atom stereocenters. The Morgan fingerprint density at radius 3 is 2.39 bits per heavy atom. The van der Waals surface area contributed by atoms with Crippen molar-refractivity contribution in [2.45, 2.75) is 57.5 Å². The van der Waals surface area contributed by atoms with Gasteiger partial charge in [0, 0.05) is 31.7 Å². The zero-order valence-electron chi connectivity index (χ0n) is 19.2. The van der Waals surface area contributed by atoms with Crippen LogP contribution in [0, 0.1) is 0 Å². The van der Waals surface area contributed by atoms with Crippen molar-refractivity contribution in [1.29, 1.82) is 0 Å². The second kappa shape index (κ2) is 9.82. The smallest absolute Gasteiger partial charge is 0.316 e. The molecule has 1 aromatic carbocycles. The van der Waals surface area contributed by atoms with Crippen LogP contribution in [0.2, 0.25) is 0 Å². The fourth-order valence-electron chi connectivity index (χ4n) is 4.44. The predicted octanol–water partition coefficient (Wildman–Crippen LogP) is 1.91. The standard InChI is InChI=1S/C23H32N4O5S/c1-17(2)33(30,31)26-13-11-25(12-14-26)21-15-24-27(20-10-6-3-7-18(20)16-28)23(29)22(21)32-19-8-4-5-9-19/h3,6-7,10,15,17,19,28H,4-5,8-9,11-14,16H2,1-2H3. The lowest BCUT2D eigenvalue weighted by Crippen LogP contribution is -2.50. The van der Waals surface area contributed by atoms with E-state index < -0.39 is 15.3 Å². The Balaban J connectivity index is 1.68. The average molecular weight is 477 g/mol. The number of aliphatic hydroxyl groups is 1. The van der Waals surface area contributed by atoms with Crippen LogP contribution < -0.4 is 15.2 Å². The Labute approximate surface area is 194 Å². The van der Waals surface area contributed by atoms with Gasteiger partial charge in [-0.05, 0) is 45.6 Å². The summed E-state index contributed by atoms with van der Waals surface area (Å²) < 4.78 is 34.1. The molecule has 33 heavy (non-hydrogen) atoms. The summed E-state index contributed by atoms with van der Waals surface area (Å²) in [6.07, 6.45) is 5.52. The maximum absolute atomic E-state index is 13.6. The van der Waals surface area contributed by atoms with Gasteiger partial charge in [0.2, 0.25) is 15.8 Å². The van der Waals surface area contributed by atoms with Crippen LogP contribution in [0.15, 0.2) is 35.3 Å². The van der Waals surface area contributed by atoms with Crippen LogP contribution >= 0.6 is 0 Å². The lowest BCUT2D eigenvalue weighted by atomic mass is 10.2. The van der Waals surface area contributed by atoms with Crippen molar-refractivity contribution in [2.75, 3.05) is 31.1 Å². The number of aliphatic hydroxyl groups excluding tert-OH is 1. The van der Waals surface area contributed by atoms with Crippen LogP contribution in [0.1, 0.15) is 45.1 Å². The summed E-state index contributed by atoms with van der Waals surface area (Å²) in [6.45, 7) is 4.75. The molecular weight excluding hydrogens is 444 g/mol. The highest BCUT2D eigenvalue weighted by molar-refractivity contribution is 7.89. The Hall–Kier alpha value is -2.43. The first-order valence-corrected chi connectivity index (χ1v) is 13.0. The average Bonchev–Trinajstić information content (AvgIpc) is 3.33. The molecule has 1 N–H and O–H groups in total. The summed E-state index contributed by atoms with van der Waals surface area (Å²) in [7, 11) is -3.32. The minimum atomic E-state index is -3.32. The minimum Gasteiger partial charge on any atom is -0.483 e. The molecule has 1 saturated heterocycles. The monoisotopic (exact) mass is 476 g/mol.